The van der Waals surface area contributed by atoms with Crippen molar-refractivity contribution in [3.05, 3.63) is 32.7 Å². The highest BCUT2D eigenvalue weighted by molar-refractivity contribution is 9.11. The minimum atomic E-state index is 0.261. The van der Waals surface area contributed by atoms with Crippen LogP contribution in [-0.4, -0.2) is 0 Å². The Morgan fingerprint density at radius 1 is 1.00 bits per heavy atom. The predicted octanol–water partition coefficient (Wildman–Crippen LogP) is 4.69. The average molecular weight is 376 g/mol. The molecule has 0 bridgehead atoms. The van der Waals surface area contributed by atoms with Crippen LogP contribution in [0.15, 0.2) is 27.1 Å². The molecule has 2 rings (SSSR count). The van der Waals surface area contributed by atoms with Gasteiger partial charge in [-0.05, 0) is 42.5 Å². The number of benzene rings is 1. The van der Waals surface area contributed by atoms with Gasteiger partial charge in [-0.1, -0.05) is 57.5 Å². The fourth-order valence-electron chi connectivity index (χ4n) is 2.90. The van der Waals surface area contributed by atoms with E-state index < -0.39 is 0 Å². The maximum absolute atomic E-state index is 5.81. The molecule has 0 heterocycles. The second-order valence-corrected chi connectivity index (χ2v) is 6.93. The molecule has 1 aromatic rings. The minimum absolute atomic E-state index is 0.261. The maximum atomic E-state index is 5.81. The molecule has 2 nitrogen and oxygen atoms in total. The first-order valence-corrected chi connectivity index (χ1v) is 8.21. The third-order valence-corrected chi connectivity index (χ3v) is 4.71. The van der Waals surface area contributed by atoms with Crippen LogP contribution in [-0.2, 0) is 0 Å². The Morgan fingerprint density at radius 3 is 2.06 bits per heavy atom. The van der Waals surface area contributed by atoms with Crippen molar-refractivity contribution in [3.63, 3.8) is 0 Å². The van der Waals surface area contributed by atoms with E-state index in [1.165, 1.54) is 44.1 Å². The average Bonchev–Trinajstić information content (AvgIpc) is 2.58. The van der Waals surface area contributed by atoms with Gasteiger partial charge in [-0.25, -0.2) is 0 Å². The molecule has 1 atom stereocenters. The van der Waals surface area contributed by atoms with Crippen molar-refractivity contribution < 1.29 is 0 Å². The number of nitrogens with two attached hydrogens (primary N) is 1. The van der Waals surface area contributed by atoms with Crippen molar-refractivity contribution in [2.24, 2.45) is 11.8 Å². The van der Waals surface area contributed by atoms with E-state index in [2.05, 4.69) is 55.5 Å². The molecule has 0 radical (unpaired) electrons. The van der Waals surface area contributed by atoms with Gasteiger partial charge in [0.2, 0.25) is 0 Å². The number of rotatable bonds is 3. The number of hydrazine groups is 1. The Balaban J connectivity index is 2.20. The number of hydrogen-bond acceptors (Lipinski definition) is 2. The highest BCUT2D eigenvalue weighted by Crippen LogP contribution is 2.35. The topological polar surface area (TPSA) is 38.0 Å². The molecule has 1 unspecified atom stereocenters. The summed E-state index contributed by atoms with van der Waals surface area (Å²) in [4.78, 5) is 0. The second-order valence-electron chi connectivity index (χ2n) is 5.10. The first-order valence-electron chi connectivity index (χ1n) is 6.63. The maximum Gasteiger partial charge on any atom is 0.0488 e. The van der Waals surface area contributed by atoms with Gasteiger partial charge in [0, 0.05) is 15.0 Å². The standard InChI is InChI=1S/C14H20Br2N2/c15-12-7-11(8-13(16)9-12)14(18-17)10-5-3-1-2-4-6-10/h7-10,14,18H,1-6,17H2. The Morgan fingerprint density at radius 2 is 1.56 bits per heavy atom. The molecule has 0 aliphatic heterocycles. The third kappa shape index (κ3) is 3.80. The van der Waals surface area contributed by atoms with Crippen LogP contribution in [0.25, 0.3) is 0 Å². The first-order chi connectivity index (χ1) is 8.70. The Bertz CT molecular complexity index is 367. The summed E-state index contributed by atoms with van der Waals surface area (Å²) in [7, 11) is 0. The zero-order valence-corrected chi connectivity index (χ0v) is 13.6. The van der Waals surface area contributed by atoms with Crippen molar-refractivity contribution in [2.75, 3.05) is 0 Å². The lowest BCUT2D eigenvalue weighted by atomic mass is 9.87. The van der Waals surface area contributed by atoms with Crippen LogP contribution in [0.1, 0.15) is 50.1 Å². The number of halogens is 2. The van der Waals surface area contributed by atoms with Crippen LogP contribution in [0, 0.1) is 5.92 Å². The third-order valence-electron chi connectivity index (χ3n) is 3.79. The molecule has 1 saturated carbocycles. The van der Waals surface area contributed by atoms with Gasteiger partial charge >= 0.3 is 0 Å². The van der Waals surface area contributed by atoms with Gasteiger partial charge in [0.1, 0.15) is 0 Å². The molecule has 3 N–H and O–H groups in total. The van der Waals surface area contributed by atoms with Crippen molar-refractivity contribution in [3.8, 4) is 0 Å². The van der Waals surface area contributed by atoms with Crippen LogP contribution in [0.4, 0.5) is 0 Å². The normalized spacial score (nSPS) is 19.5. The lowest BCUT2D eigenvalue weighted by Crippen LogP contribution is -2.33. The molecule has 18 heavy (non-hydrogen) atoms. The minimum Gasteiger partial charge on any atom is -0.271 e. The Hall–Kier alpha value is 0.1000. The summed E-state index contributed by atoms with van der Waals surface area (Å²) < 4.78 is 2.20. The summed E-state index contributed by atoms with van der Waals surface area (Å²) in [6.45, 7) is 0. The Kier molecular flexibility index (Phi) is 5.67. The monoisotopic (exact) mass is 374 g/mol. The highest BCUT2D eigenvalue weighted by atomic mass is 79.9. The summed E-state index contributed by atoms with van der Waals surface area (Å²) in [5.74, 6) is 6.46. The van der Waals surface area contributed by atoms with E-state index in [0.717, 1.165) is 8.95 Å². The van der Waals surface area contributed by atoms with Gasteiger partial charge in [-0.15, -0.1) is 0 Å². The molecule has 100 valence electrons. The lowest BCUT2D eigenvalue weighted by molar-refractivity contribution is 0.329. The summed E-state index contributed by atoms with van der Waals surface area (Å²) in [6, 6.07) is 6.65. The van der Waals surface area contributed by atoms with Crippen LogP contribution in [0.5, 0.6) is 0 Å². The van der Waals surface area contributed by atoms with Gasteiger partial charge < -0.3 is 0 Å². The highest BCUT2D eigenvalue weighted by Gasteiger charge is 2.23. The first kappa shape index (κ1) is 14.5. The van der Waals surface area contributed by atoms with Crippen LogP contribution < -0.4 is 11.3 Å². The van der Waals surface area contributed by atoms with Crippen molar-refractivity contribution >= 4 is 31.9 Å². The van der Waals surface area contributed by atoms with E-state index in [0.29, 0.717) is 5.92 Å². The van der Waals surface area contributed by atoms with Gasteiger partial charge in [0.25, 0.3) is 0 Å². The smallest absolute Gasteiger partial charge is 0.0488 e. The van der Waals surface area contributed by atoms with E-state index >= 15 is 0 Å². The fraction of sp³-hybridized carbons (Fsp3) is 0.571. The fourth-order valence-corrected chi connectivity index (χ4v) is 4.23. The molecular weight excluding hydrogens is 356 g/mol. The molecule has 0 saturated heterocycles. The Labute approximate surface area is 126 Å². The van der Waals surface area contributed by atoms with E-state index in [1.54, 1.807) is 0 Å². The summed E-state index contributed by atoms with van der Waals surface area (Å²) in [6.07, 6.45) is 7.96. The van der Waals surface area contributed by atoms with Crippen molar-refractivity contribution in [1.29, 1.82) is 0 Å². The van der Waals surface area contributed by atoms with Gasteiger partial charge in [-0.3, -0.25) is 11.3 Å². The van der Waals surface area contributed by atoms with E-state index in [4.69, 9.17) is 5.84 Å². The second kappa shape index (κ2) is 7.04. The quantitative estimate of drug-likeness (QED) is 0.457. The van der Waals surface area contributed by atoms with Crippen molar-refractivity contribution in [1.82, 2.24) is 5.43 Å². The summed E-state index contributed by atoms with van der Waals surface area (Å²) in [5, 5.41) is 0. The van der Waals surface area contributed by atoms with E-state index in [9.17, 15) is 0 Å². The molecule has 4 heteroatoms. The van der Waals surface area contributed by atoms with Crippen LogP contribution in [0.2, 0.25) is 0 Å². The van der Waals surface area contributed by atoms with Crippen molar-refractivity contribution in [2.45, 2.75) is 44.6 Å². The molecule has 0 amide bonds. The lowest BCUT2D eigenvalue weighted by Gasteiger charge is -2.26. The molecule has 1 aliphatic carbocycles. The van der Waals surface area contributed by atoms with Gasteiger partial charge in [0.15, 0.2) is 0 Å². The predicted molar refractivity (Wildman–Crippen MR) is 83.1 cm³/mol. The number of hydrogen-bond donors (Lipinski definition) is 2. The molecule has 1 aromatic carbocycles. The zero-order chi connectivity index (χ0) is 13.0. The molecule has 0 aromatic heterocycles. The summed E-state index contributed by atoms with van der Waals surface area (Å²) in [5.41, 5.74) is 4.30. The molecular formula is C14H20Br2N2. The van der Waals surface area contributed by atoms with Gasteiger partial charge in [0.05, 0.1) is 0 Å². The zero-order valence-electron chi connectivity index (χ0n) is 10.5. The van der Waals surface area contributed by atoms with E-state index in [1.807, 2.05) is 0 Å². The SMILES string of the molecule is NNC(c1cc(Br)cc(Br)c1)C1CCCCCC1. The molecule has 1 aliphatic rings. The summed E-state index contributed by atoms with van der Waals surface area (Å²) >= 11 is 7.10. The van der Waals surface area contributed by atoms with Gasteiger partial charge in [-0.2, -0.15) is 0 Å². The largest absolute Gasteiger partial charge is 0.271 e. The van der Waals surface area contributed by atoms with Crippen LogP contribution in [0.3, 0.4) is 0 Å². The van der Waals surface area contributed by atoms with Crippen LogP contribution >= 0.6 is 31.9 Å². The molecule has 1 fully saturated rings. The number of nitrogens with one attached hydrogen (secondary N) is 1. The van der Waals surface area contributed by atoms with E-state index in [-0.39, 0.29) is 6.04 Å². The molecule has 0 spiro atoms.